The number of hydrogen-bond acceptors (Lipinski definition) is 23. The van der Waals surface area contributed by atoms with Crippen LogP contribution in [-0.4, -0.2) is 112 Å². The van der Waals surface area contributed by atoms with Crippen molar-refractivity contribution in [3.63, 3.8) is 0 Å². The molecule has 5 atom stereocenters. The SMILES string of the molecule is NCC(Cc1c(O)cc2c(c1O)C[C@@H](OC(=O)c1cc(O)c(O)c(O)c1)[C@@H](c1cc(O)c(O)c(O)c1)O2)c1c(O)cc(O)c2c1O[C@H](c1cc(O)c(O)c(O)c1)[C@H](OC(=O)c1cc(O)c(O)c(O)c1)C2. The molecular weight excluding hydrogens is 931 g/mol. The van der Waals surface area contributed by atoms with E-state index in [1.54, 1.807) is 0 Å². The van der Waals surface area contributed by atoms with Gasteiger partial charge in [-0.05, 0) is 61.5 Å². The number of rotatable bonds is 10. The molecule has 6 aromatic carbocycles. The fourth-order valence-electron chi connectivity index (χ4n) is 8.43. The maximum absolute atomic E-state index is 13.5. The van der Waals surface area contributed by atoms with Crippen LogP contribution in [-0.2, 0) is 28.7 Å². The van der Waals surface area contributed by atoms with Crippen LogP contribution >= 0.6 is 0 Å². The molecule has 70 heavy (non-hydrogen) atoms. The van der Waals surface area contributed by atoms with Crippen LogP contribution in [0.4, 0.5) is 0 Å². The van der Waals surface area contributed by atoms with Gasteiger partial charge in [0, 0.05) is 64.3 Å². The largest absolute Gasteiger partial charge is 0.507 e. The second-order valence-electron chi connectivity index (χ2n) is 16.4. The summed E-state index contributed by atoms with van der Waals surface area (Å²) in [6, 6.07) is 9.01. The summed E-state index contributed by atoms with van der Waals surface area (Å²) in [5.74, 6) is -17.0. The lowest BCUT2D eigenvalue weighted by Crippen LogP contribution is -2.35. The van der Waals surface area contributed by atoms with Crippen molar-refractivity contribution >= 4 is 11.9 Å². The van der Waals surface area contributed by atoms with Crippen molar-refractivity contribution in [2.45, 2.75) is 49.6 Å². The Bertz CT molecular complexity index is 3040. The van der Waals surface area contributed by atoms with E-state index in [2.05, 4.69) is 0 Å². The second kappa shape index (κ2) is 17.7. The molecule has 0 spiro atoms. The minimum Gasteiger partial charge on any atom is -0.507 e. The van der Waals surface area contributed by atoms with E-state index in [1.807, 2.05) is 0 Å². The van der Waals surface area contributed by atoms with E-state index in [9.17, 15) is 91.3 Å². The van der Waals surface area contributed by atoms with Crippen molar-refractivity contribution in [1.82, 2.24) is 0 Å². The number of nitrogens with two attached hydrogens (primary N) is 1. The Morgan fingerprint density at radius 1 is 0.486 bits per heavy atom. The van der Waals surface area contributed by atoms with Gasteiger partial charge in [0.2, 0.25) is 0 Å². The number of hydrogen-bond donors (Lipinski definition) is 17. The molecule has 0 aromatic heterocycles. The third-order valence-corrected chi connectivity index (χ3v) is 11.9. The summed E-state index contributed by atoms with van der Waals surface area (Å²) in [5, 5.41) is 168. The predicted molar refractivity (Wildman–Crippen MR) is 233 cm³/mol. The molecule has 366 valence electrons. The van der Waals surface area contributed by atoms with Gasteiger partial charge in [0.25, 0.3) is 0 Å². The molecule has 0 saturated carbocycles. The van der Waals surface area contributed by atoms with E-state index < -0.39 is 165 Å². The van der Waals surface area contributed by atoms with Gasteiger partial charge in [0.15, 0.2) is 81.2 Å². The number of carbonyl (C=O) groups is 2. The van der Waals surface area contributed by atoms with Crippen LogP contribution in [0, 0.1) is 0 Å². The van der Waals surface area contributed by atoms with E-state index >= 15 is 0 Å². The Hall–Kier alpha value is -9.38. The minimum absolute atomic E-state index is 0.0848. The van der Waals surface area contributed by atoms with Crippen molar-refractivity contribution < 1.29 is 110 Å². The van der Waals surface area contributed by atoms with Crippen molar-refractivity contribution in [3.8, 4) is 103 Å². The molecule has 1 unspecified atom stereocenters. The first-order valence-corrected chi connectivity index (χ1v) is 20.7. The molecule has 0 saturated heterocycles. The predicted octanol–water partition coefficient (Wildman–Crippen LogP) is 4.06. The summed E-state index contributed by atoms with van der Waals surface area (Å²) >= 11 is 0. The van der Waals surface area contributed by atoms with Gasteiger partial charge in [-0.15, -0.1) is 0 Å². The average Bonchev–Trinajstić information content (AvgIpc) is 3.30. The fraction of sp³-hybridized carbons (Fsp3) is 0.191. The van der Waals surface area contributed by atoms with Gasteiger partial charge < -0.3 is 106 Å². The monoisotopic (exact) mass is 971 g/mol. The summed E-state index contributed by atoms with van der Waals surface area (Å²) in [4.78, 5) is 26.9. The molecule has 0 bridgehead atoms. The van der Waals surface area contributed by atoms with Gasteiger partial charge in [0.05, 0.1) is 11.1 Å². The zero-order chi connectivity index (χ0) is 50.8. The number of fused-ring (bicyclic) bond motifs is 2. The zero-order valence-electron chi connectivity index (χ0n) is 35.7. The maximum Gasteiger partial charge on any atom is 0.338 e. The highest BCUT2D eigenvalue weighted by Gasteiger charge is 2.42. The van der Waals surface area contributed by atoms with Crippen LogP contribution in [0.15, 0.2) is 60.7 Å². The molecule has 18 N–H and O–H groups in total. The highest BCUT2D eigenvalue weighted by atomic mass is 16.6. The standard InChI is InChI=1S/C47H41NO22/c48-14-19(37-25(51)12-23(49)21-10-35(68-46(65)17-6-30(56)41(63)31(57)7-17)44(70-45(21)37)16-4-28(54)40(62)29(55)5-16)1-20-24(50)13-34-22(38(20)60)11-36(43(67-34)15-2-26(52)39(61)27(53)3-15)69-47(66)18-8-32(58)42(64)33(59)9-18/h2-9,12-13,19,35-36,43-44,49-64H,1,10-11,14,48H2/t19?,35-,36-,43-,44-/m1/s1. The first-order valence-electron chi connectivity index (χ1n) is 20.7. The number of ether oxygens (including phenoxy) is 4. The zero-order valence-corrected chi connectivity index (χ0v) is 35.7. The third kappa shape index (κ3) is 8.36. The molecule has 0 radical (unpaired) electrons. The van der Waals surface area contributed by atoms with Gasteiger partial charge in [0.1, 0.15) is 46.7 Å². The smallest absolute Gasteiger partial charge is 0.338 e. The number of esters is 2. The Balaban J connectivity index is 1.17. The third-order valence-electron chi connectivity index (χ3n) is 11.9. The van der Waals surface area contributed by atoms with Gasteiger partial charge in [-0.1, -0.05) is 0 Å². The molecular formula is C47H41NO22. The van der Waals surface area contributed by atoms with Crippen molar-refractivity contribution in [2.24, 2.45) is 5.73 Å². The first-order chi connectivity index (χ1) is 33.1. The molecule has 0 amide bonds. The van der Waals surface area contributed by atoms with Gasteiger partial charge in [-0.2, -0.15) is 0 Å². The topological polar surface area (TPSA) is 421 Å². The Morgan fingerprint density at radius 2 is 0.886 bits per heavy atom. The number of phenolic OH excluding ortho intramolecular Hbond substituents is 16. The lowest BCUT2D eigenvalue weighted by molar-refractivity contribution is -0.0197. The van der Waals surface area contributed by atoms with Crippen LogP contribution in [0.1, 0.15) is 72.2 Å². The molecule has 0 fully saturated rings. The molecule has 8 rings (SSSR count). The summed E-state index contributed by atoms with van der Waals surface area (Å²) in [6.07, 6.45) is -7.35. The van der Waals surface area contributed by atoms with Gasteiger partial charge in [-0.25, -0.2) is 9.59 Å². The normalized spacial score (nSPS) is 17.6. The molecule has 23 heteroatoms. The highest BCUT2D eigenvalue weighted by Crippen LogP contribution is 2.53. The average molecular weight is 972 g/mol. The molecule has 2 aliphatic rings. The Morgan fingerprint density at radius 3 is 1.31 bits per heavy atom. The minimum atomic E-state index is -1.56. The highest BCUT2D eigenvalue weighted by molar-refractivity contribution is 5.92. The second-order valence-corrected chi connectivity index (χ2v) is 16.4. The van der Waals surface area contributed by atoms with E-state index in [4.69, 9.17) is 24.7 Å². The Kier molecular flexibility index (Phi) is 11.9. The van der Waals surface area contributed by atoms with Crippen LogP contribution < -0.4 is 15.2 Å². The lowest BCUT2D eigenvalue weighted by atomic mass is 9.84. The summed E-state index contributed by atoms with van der Waals surface area (Å²) in [7, 11) is 0. The quantitative estimate of drug-likeness (QED) is 0.0679. The Labute approximate surface area is 392 Å². The van der Waals surface area contributed by atoms with Crippen LogP contribution in [0.2, 0.25) is 0 Å². The number of aromatic hydroxyl groups is 16. The van der Waals surface area contributed by atoms with Crippen molar-refractivity contribution in [1.29, 1.82) is 0 Å². The van der Waals surface area contributed by atoms with E-state index in [0.29, 0.717) is 0 Å². The number of benzene rings is 6. The van der Waals surface area contributed by atoms with Crippen LogP contribution in [0.3, 0.4) is 0 Å². The van der Waals surface area contributed by atoms with Gasteiger partial charge in [-0.3, -0.25) is 0 Å². The van der Waals surface area contributed by atoms with Gasteiger partial charge >= 0.3 is 11.9 Å². The summed E-state index contributed by atoms with van der Waals surface area (Å²) in [6.45, 7) is -0.388. The number of carbonyl (C=O) groups excluding carboxylic acids is 2. The molecule has 2 aliphatic heterocycles. The van der Waals surface area contributed by atoms with Crippen LogP contribution in [0.5, 0.6) is 103 Å². The molecule has 6 aromatic rings. The number of phenols is 16. The van der Waals surface area contributed by atoms with Crippen molar-refractivity contribution in [3.05, 3.63) is 105 Å². The molecule has 0 aliphatic carbocycles. The fourth-order valence-corrected chi connectivity index (χ4v) is 8.43. The van der Waals surface area contributed by atoms with E-state index in [1.165, 1.54) is 0 Å². The first kappa shape index (κ1) is 47.1. The molecule has 2 heterocycles. The maximum atomic E-state index is 13.5. The summed E-state index contributed by atoms with van der Waals surface area (Å²) in [5.41, 5.74) is 4.58. The summed E-state index contributed by atoms with van der Waals surface area (Å²) < 4.78 is 23.9. The lowest BCUT2D eigenvalue weighted by Gasteiger charge is -2.36. The molecule has 23 nitrogen and oxygen atoms in total. The van der Waals surface area contributed by atoms with E-state index in [0.717, 1.165) is 60.7 Å². The van der Waals surface area contributed by atoms with E-state index in [-0.39, 0.29) is 51.4 Å². The van der Waals surface area contributed by atoms with Crippen molar-refractivity contribution in [2.75, 3.05) is 6.54 Å². The van der Waals surface area contributed by atoms with Crippen LogP contribution in [0.25, 0.3) is 0 Å².